The van der Waals surface area contributed by atoms with Crippen LogP contribution in [0.5, 0.6) is 0 Å². The summed E-state index contributed by atoms with van der Waals surface area (Å²) < 4.78 is 0.973. The summed E-state index contributed by atoms with van der Waals surface area (Å²) in [5.74, 6) is 0.137. The molecule has 26 heavy (non-hydrogen) atoms. The van der Waals surface area contributed by atoms with Gasteiger partial charge in [-0.05, 0) is 24.6 Å². The maximum Gasteiger partial charge on any atom is 0.326 e. The smallest absolute Gasteiger partial charge is 0.326 e. The fraction of sp³-hybridized carbons (Fsp3) is 0.150. The molecule has 1 aromatic heterocycles. The molecule has 0 saturated carbocycles. The molecule has 3 aromatic rings. The van der Waals surface area contributed by atoms with E-state index >= 15 is 0 Å². The number of halogens is 1. The zero-order valence-corrected chi connectivity index (χ0v) is 15.8. The van der Waals surface area contributed by atoms with Crippen LogP contribution in [0.1, 0.15) is 11.3 Å². The Labute approximate surface area is 160 Å². The number of hydrogen-bond donors (Lipinski definition) is 2. The third-order valence-electron chi connectivity index (χ3n) is 3.86. The molecule has 0 aliphatic rings. The van der Waals surface area contributed by atoms with Crippen molar-refractivity contribution in [3.8, 4) is 11.4 Å². The Morgan fingerprint density at radius 2 is 1.81 bits per heavy atom. The molecule has 0 aliphatic heterocycles. The van der Waals surface area contributed by atoms with Crippen molar-refractivity contribution in [2.45, 2.75) is 19.4 Å². The Balaban J connectivity index is 1.85. The predicted octanol–water partition coefficient (Wildman–Crippen LogP) is 4.32. The fourth-order valence-corrected chi connectivity index (χ4v) is 2.86. The van der Waals surface area contributed by atoms with Crippen LogP contribution < -0.4 is 5.32 Å². The molecule has 0 radical (unpaired) electrons. The van der Waals surface area contributed by atoms with Crippen LogP contribution >= 0.6 is 15.9 Å². The fourth-order valence-electron chi connectivity index (χ4n) is 2.60. The third-order valence-corrected chi connectivity index (χ3v) is 4.39. The first kappa shape index (κ1) is 18.1. The number of rotatable bonds is 6. The number of carboxylic acid groups (broad SMARTS) is 1. The monoisotopic (exact) mass is 411 g/mol. The van der Waals surface area contributed by atoms with Gasteiger partial charge in [-0.15, -0.1) is 0 Å². The Morgan fingerprint density at radius 3 is 2.46 bits per heavy atom. The molecule has 1 atom stereocenters. The third kappa shape index (κ3) is 4.67. The molecule has 3 rings (SSSR count). The van der Waals surface area contributed by atoms with Crippen molar-refractivity contribution in [1.29, 1.82) is 0 Å². The summed E-state index contributed by atoms with van der Waals surface area (Å²) in [7, 11) is 0. The van der Waals surface area contributed by atoms with E-state index in [4.69, 9.17) is 0 Å². The van der Waals surface area contributed by atoms with E-state index in [1.165, 1.54) is 0 Å². The van der Waals surface area contributed by atoms with E-state index in [0.717, 1.165) is 21.3 Å². The summed E-state index contributed by atoms with van der Waals surface area (Å²) in [6.07, 6.45) is 0.368. The summed E-state index contributed by atoms with van der Waals surface area (Å²) in [4.78, 5) is 20.6. The van der Waals surface area contributed by atoms with Gasteiger partial charge in [0.1, 0.15) is 11.9 Å². The zero-order valence-electron chi connectivity index (χ0n) is 14.2. The predicted molar refractivity (Wildman–Crippen MR) is 105 cm³/mol. The number of aryl methyl sites for hydroxylation is 1. The van der Waals surface area contributed by atoms with Crippen molar-refractivity contribution in [3.63, 3.8) is 0 Å². The van der Waals surface area contributed by atoms with Crippen LogP contribution in [0.3, 0.4) is 0 Å². The molecular weight excluding hydrogens is 394 g/mol. The Hall–Kier alpha value is -2.73. The molecule has 132 valence electrons. The van der Waals surface area contributed by atoms with Crippen molar-refractivity contribution in [2.75, 3.05) is 5.32 Å². The minimum atomic E-state index is -0.921. The van der Waals surface area contributed by atoms with Crippen LogP contribution in [0.25, 0.3) is 11.4 Å². The molecule has 1 heterocycles. The van der Waals surface area contributed by atoms with Gasteiger partial charge in [0.05, 0.1) is 0 Å². The molecule has 2 N–H and O–H groups in total. The van der Waals surface area contributed by atoms with E-state index in [9.17, 15) is 9.90 Å². The molecule has 0 amide bonds. The van der Waals surface area contributed by atoms with Gasteiger partial charge in [0.15, 0.2) is 5.82 Å². The molecule has 0 unspecified atom stereocenters. The number of nitrogens with one attached hydrogen (secondary N) is 1. The number of aromatic nitrogens is 2. The summed E-state index contributed by atoms with van der Waals surface area (Å²) >= 11 is 3.41. The SMILES string of the molecule is Cc1cc(N[C@@H](Cc2ccccc2)C(=O)O)nc(-c2ccc(Br)cc2)n1. The average Bonchev–Trinajstić information content (AvgIpc) is 2.62. The first-order valence-electron chi connectivity index (χ1n) is 8.16. The van der Waals surface area contributed by atoms with E-state index < -0.39 is 12.0 Å². The lowest BCUT2D eigenvalue weighted by atomic mass is 10.1. The van der Waals surface area contributed by atoms with Gasteiger partial charge < -0.3 is 10.4 Å². The molecule has 2 aromatic carbocycles. The highest BCUT2D eigenvalue weighted by molar-refractivity contribution is 9.10. The van der Waals surface area contributed by atoms with Crippen LogP contribution in [0.2, 0.25) is 0 Å². The minimum absolute atomic E-state index is 0.368. The number of hydrogen-bond acceptors (Lipinski definition) is 4. The van der Waals surface area contributed by atoms with E-state index in [1.54, 1.807) is 6.07 Å². The van der Waals surface area contributed by atoms with Gasteiger partial charge in [-0.25, -0.2) is 14.8 Å². The van der Waals surface area contributed by atoms with E-state index in [0.29, 0.717) is 18.1 Å². The number of carbonyl (C=O) groups is 1. The van der Waals surface area contributed by atoms with Crippen LogP contribution in [0, 0.1) is 6.92 Å². The van der Waals surface area contributed by atoms with Crippen LogP contribution in [0.4, 0.5) is 5.82 Å². The van der Waals surface area contributed by atoms with Gasteiger partial charge in [0.2, 0.25) is 0 Å². The Kier molecular flexibility index (Phi) is 5.63. The highest BCUT2D eigenvalue weighted by Crippen LogP contribution is 2.21. The van der Waals surface area contributed by atoms with E-state index in [1.807, 2.05) is 61.5 Å². The summed E-state index contributed by atoms with van der Waals surface area (Å²) in [6, 6.07) is 18.2. The highest BCUT2D eigenvalue weighted by Gasteiger charge is 2.19. The summed E-state index contributed by atoms with van der Waals surface area (Å²) in [5.41, 5.74) is 2.59. The van der Waals surface area contributed by atoms with Gasteiger partial charge in [-0.3, -0.25) is 0 Å². The summed E-state index contributed by atoms with van der Waals surface area (Å²) in [6.45, 7) is 1.86. The second-order valence-corrected chi connectivity index (χ2v) is 6.87. The molecular formula is C20H18BrN3O2. The first-order valence-corrected chi connectivity index (χ1v) is 8.95. The minimum Gasteiger partial charge on any atom is -0.480 e. The van der Waals surface area contributed by atoms with E-state index in [-0.39, 0.29) is 0 Å². The summed E-state index contributed by atoms with van der Waals surface area (Å²) in [5, 5.41) is 12.6. The quantitative estimate of drug-likeness (QED) is 0.631. The second-order valence-electron chi connectivity index (χ2n) is 5.95. The van der Waals surface area contributed by atoms with Crippen LogP contribution in [0.15, 0.2) is 65.1 Å². The Morgan fingerprint density at radius 1 is 1.12 bits per heavy atom. The largest absolute Gasteiger partial charge is 0.480 e. The molecule has 6 heteroatoms. The van der Waals surface area contributed by atoms with Gasteiger partial charge >= 0.3 is 5.97 Å². The maximum absolute atomic E-state index is 11.7. The molecule has 0 saturated heterocycles. The van der Waals surface area contributed by atoms with Crippen molar-refractivity contribution in [2.24, 2.45) is 0 Å². The highest BCUT2D eigenvalue weighted by atomic mass is 79.9. The molecule has 0 bridgehead atoms. The zero-order chi connectivity index (χ0) is 18.5. The number of benzene rings is 2. The average molecular weight is 412 g/mol. The standard InChI is InChI=1S/C20H18BrN3O2/c1-13-11-18(24-19(22-13)15-7-9-16(21)10-8-15)23-17(20(25)26)12-14-5-3-2-4-6-14/h2-11,17H,12H2,1H3,(H,25,26)(H,22,23,24)/t17-/m0/s1. The van der Waals surface area contributed by atoms with Gasteiger partial charge in [0.25, 0.3) is 0 Å². The lowest BCUT2D eigenvalue weighted by Crippen LogP contribution is -2.32. The number of aliphatic carboxylic acids is 1. The van der Waals surface area contributed by atoms with Gasteiger partial charge in [-0.1, -0.05) is 58.4 Å². The van der Waals surface area contributed by atoms with Crippen LogP contribution in [-0.4, -0.2) is 27.1 Å². The number of anilines is 1. The second kappa shape index (κ2) is 8.10. The first-order chi connectivity index (χ1) is 12.5. The maximum atomic E-state index is 11.7. The van der Waals surface area contributed by atoms with Gasteiger partial charge in [-0.2, -0.15) is 0 Å². The lowest BCUT2D eigenvalue weighted by Gasteiger charge is -2.16. The Bertz CT molecular complexity index is 899. The number of nitrogens with zero attached hydrogens (tertiary/aromatic N) is 2. The van der Waals surface area contributed by atoms with Crippen molar-refractivity contribution in [3.05, 3.63) is 76.4 Å². The van der Waals surface area contributed by atoms with Crippen LogP contribution in [-0.2, 0) is 11.2 Å². The lowest BCUT2D eigenvalue weighted by molar-refractivity contribution is -0.137. The molecule has 0 spiro atoms. The topological polar surface area (TPSA) is 75.1 Å². The number of carboxylic acids is 1. The normalized spacial score (nSPS) is 11.8. The molecule has 0 fully saturated rings. The molecule has 5 nitrogen and oxygen atoms in total. The van der Waals surface area contributed by atoms with Crippen molar-refractivity contribution < 1.29 is 9.90 Å². The van der Waals surface area contributed by atoms with Crippen molar-refractivity contribution in [1.82, 2.24) is 9.97 Å². The van der Waals surface area contributed by atoms with Gasteiger partial charge in [0, 0.05) is 28.2 Å². The van der Waals surface area contributed by atoms with E-state index in [2.05, 4.69) is 31.2 Å². The van der Waals surface area contributed by atoms with Crippen molar-refractivity contribution >= 4 is 27.7 Å². The molecule has 0 aliphatic carbocycles.